The van der Waals surface area contributed by atoms with Gasteiger partial charge in [-0.1, -0.05) is 29.8 Å². The summed E-state index contributed by atoms with van der Waals surface area (Å²) in [6, 6.07) is 13.5. The predicted molar refractivity (Wildman–Crippen MR) is 81.8 cm³/mol. The van der Waals surface area contributed by atoms with Gasteiger partial charge in [-0.2, -0.15) is 0 Å². The lowest BCUT2D eigenvalue weighted by atomic mass is 9.98. The molecule has 3 rings (SSSR count). The first-order valence-corrected chi connectivity index (χ1v) is 6.98. The molecule has 1 aromatic heterocycles. The van der Waals surface area contributed by atoms with Crippen LogP contribution in [0.3, 0.4) is 0 Å². The molecule has 0 spiro atoms. The summed E-state index contributed by atoms with van der Waals surface area (Å²) in [5.41, 5.74) is 2.17. The molecule has 0 aliphatic heterocycles. The van der Waals surface area contributed by atoms with Gasteiger partial charge >= 0.3 is 0 Å². The van der Waals surface area contributed by atoms with Crippen molar-refractivity contribution in [1.29, 1.82) is 0 Å². The highest BCUT2D eigenvalue weighted by Crippen LogP contribution is 2.28. The van der Waals surface area contributed by atoms with Crippen molar-refractivity contribution >= 4 is 22.5 Å². The average Bonchev–Trinajstić information content (AvgIpc) is 2.50. The highest BCUT2D eigenvalue weighted by Gasteiger charge is 2.14. The first kappa shape index (κ1) is 14.0. The largest absolute Gasteiger partial charge is 0.388 e. The van der Waals surface area contributed by atoms with Crippen molar-refractivity contribution in [2.75, 3.05) is 0 Å². The summed E-state index contributed by atoms with van der Waals surface area (Å²) in [6.07, 6.45) is 1.15. The topological polar surface area (TPSA) is 33.1 Å². The van der Waals surface area contributed by atoms with E-state index < -0.39 is 6.10 Å². The van der Waals surface area contributed by atoms with Crippen LogP contribution >= 0.6 is 11.6 Å². The van der Waals surface area contributed by atoms with Gasteiger partial charge in [-0.3, -0.25) is 4.98 Å². The van der Waals surface area contributed by atoms with Crippen LogP contribution in [0.15, 0.2) is 54.7 Å². The van der Waals surface area contributed by atoms with Crippen LogP contribution < -0.4 is 0 Å². The van der Waals surface area contributed by atoms with Crippen LogP contribution in [0, 0.1) is 5.82 Å². The highest BCUT2D eigenvalue weighted by atomic mass is 35.5. The number of benzene rings is 2. The summed E-state index contributed by atoms with van der Waals surface area (Å²) in [5, 5.41) is 11.8. The smallest absolute Gasteiger partial charge is 0.123 e. The Morgan fingerprint density at radius 1 is 1.14 bits per heavy atom. The van der Waals surface area contributed by atoms with E-state index in [1.165, 1.54) is 18.2 Å². The van der Waals surface area contributed by atoms with Crippen LogP contribution in [0.1, 0.15) is 17.2 Å². The minimum absolute atomic E-state index is 0.255. The lowest BCUT2D eigenvalue weighted by molar-refractivity contribution is 0.180. The minimum atomic E-state index is -0.766. The van der Waals surface area contributed by atoms with Crippen LogP contribution in [0.4, 0.5) is 4.39 Å². The van der Waals surface area contributed by atoms with E-state index in [1.807, 2.05) is 24.3 Å². The number of para-hydroxylation sites is 1. The van der Waals surface area contributed by atoms with E-state index in [4.69, 9.17) is 11.6 Å². The number of nitrogens with zero attached hydrogens (tertiary/aromatic N) is 1. The van der Waals surface area contributed by atoms with Gasteiger partial charge in [0, 0.05) is 23.0 Å². The molecule has 21 heavy (non-hydrogen) atoms. The fraction of sp³-hybridized carbons (Fsp3) is 0.118. The van der Waals surface area contributed by atoms with E-state index in [2.05, 4.69) is 4.98 Å². The Balaban J connectivity index is 1.97. The number of aliphatic hydroxyl groups is 1. The van der Waals surface area contributed by atoms with Gasteiger partial charge in [0.25, 0.3) is 0 Å². The number of pyridine rings is 1. The molecule has 0 saturated carbocycles. The molecule has 4 heteroatoms. The monoisotopic (exact) mass is 301 g/mol. The first-order valence-electron chi connectivity index (χ1n) is 6.61. The van der Waals surface area contributed by atoms with E-state index in [0.717, 1.165) is 16.5 Å². The third kappa shape index (κ3) is 2.89. The van der Waals surface area contributed by atoms with Crippen molar-refractivity contribution in [2.45, 2.75) is 12.5 Å². The van der Waals surface area contributed by atoms with Crippen LogP contribution in [0.2, 0.25) is 5.02 Å². The Morgan fingerprint density at radius 2 is 1.95 bits per heavy atom. The van der Waals surface area contributed by atoms with Gasteiger partial charge in [0.05, 0.1) is 11.6 Å². The molecule has 3 aromatic rings. The maximum atomic E-state index is 13.3. The molecule has 1 heterocycles. The van der Waals surface area contributed by atoms with Gasteiger partial charge < -0.3 is 5.11 Å². The molecule has 1 N–H and O–H groups in total. The summed E-state index contributed by atoms with van der Waals surface area (Å²) in [7, 11) is 0. The Hall–Kier alpha value is -1.97. The highest BCUT2D eigenvalue weighted by molar-refractivity contribution is 6.31. The number of rotatable bonds is 3. The molecular formula is C17H13ClFNO. The van der Waals surface area contributed by atoms with Crippen molar-refractivity contribution in [3.63, 3.8) is 0 Å². The number of halogens is 2. The summed E-state index contributed by atoms with van der Waals surface area (Å²) in [4.78, 5) is 4.27. The molecular weight excluding hydrogens is 289 g/mol. The lowest BCUT2D eigenvalue weighted by Gasteiger charge is -2.14. The Morgan fingerprint density at radius 3 is 2.81 bits per heavy atom. The molecule has 1 unspecified atom stereocenters. The van der Waals surface area contributed by atoms with E-state index >= 15 is 0 Å². The summed E-state index contributed by atoms with van der Waals surface area (Å²) >= 11 is 6.06. The molecule has 2 nitrogen and oxygen atoms in total. The van der Waals surface area contributed by atoms with E-state index in [9.17, 15) is 9.50 Å². The van der Waals surface area contributed by atoms with Gasteiger partial charge in [0.2, 0.25) is 0 Å². The molecule has 0 saturated heterocycles. The Kier molecular flexibility index (Phi) is 3.86. The van der Waals surface area contributed by atoms with Crippen LogP contribution in [-0.2, 0) is 6.42 Å². The zero-order chi connectivity index (χ0) is 14.8. The van der Waals surface area contributed by atoms with E-state index in [-0.39, 0.29) is 12.2 Å². The lowest BCUT2D eigenvalue weighted by Crippen LogP contribution is -2.04. The number of hydrogen-bond donors (Lipinski definition) is 1. The average molecular weight is 302 g/mol. The van der Waals surface area contributed by atoms with Gasteiger partial charge in [-0.05, 0) is 41.5 Å². The second-order valence-corrected chi connectivity index (χ2v) is 5.28. The molecule has 0 bridgehead atoms. The fourth-order valence-corrected chi connectivity index (χ4v) is 2.62. The molecule has 0 fully saturated rings. The van der Waals surface area contributed by atoms with Gasteiger partial charge in [-0.15, -0.1) is 0 Å². The van der Waals surface area contributed by atoms with Crippen molar-refractivity contribution < 1.29 is 9.50 Å². The van der Waals surface area contributed by atoms with Crippen molar-refractivity contribution in [3.8, 4) is 0 Å². The van der Waals surface area contributed by atoms with E-state index in [0.29, 0.717) is 10.6 Å². The standard InChI is InChI=1S/C17H13ClFNO/c18-15-6-5-12(19)9-11(15)10-17(21)14-7-8-20-16-4-2-1-3-13(14)16/h1-9,17,21H,10H2. The summed E-state index contributed by atoms with van der Waals surface area (Å²) in [5.74, 6) is -0.360. The van der Waals surface area contributed by atoms with Crippen molar-refractivity contribution in [3.05, 3.63) is 76.7 Å². The van der Waals surface area contributed by atoms with Crippen LogP contribution in [-0.4, -0.2) is 10.1 Å². The third-order valence-electron chi connectivity index (χ3n) is 3.46. The second kappa shape index (κ2) is 5.80. The van der Waals surface area contributed by atoms with Crippen molar-refractivity contribution in [2.24, 2.45) is 0 Å². The fourth-order valence-electron chi connectivity index (χ4n) is 2.43. The maximum Gasteiger partial charge on any atom is 0.123 e. The molecule has 0 amide bonds. The number of aliphatic hydroxyl groups excluding tert-OH is 1. The van der Waals surface area contributed by atoms with Gasteiger partial charge in [0.1, 0.15) is 5.82 Å². The number of aromatic nitrogens is 1. The molecule has 2 aromatic carbocycles. The molecule has 106 valence electrons. The Bertz CT molecular complexity index is 785. The molecule has 0 aliphatic rings. The zero-order valence-electron chi connectivity index (χ0n) is 11.1. The zero-order valence-corrected chi connectivity index (χ0v) is 11.9. The summed E-state index contributed by atoms with van der Waals surface area (Å²) < 4.78 is 13.3. The normalized spacial score (nSPS) is 12.5. The quantitative estimate of drug-likeness (QED) is 0.782. The third-order valence-corrected chi connectivity index (χ3v) is 3.83. The van der Waals surface area contributed by atoms with Gasteiger partial charge in [-0.25, -0.2) is 4.39 Å². The first-order chi connectivity index (χ1) is 10.1. The predicted octanol–water partition coefficient (Wildman–Crippen LogP) is 4.30. The van der Waals surface area contributed by atoms with Crippen LogP contribution in [0.5, 0.6) is 0 Å². The molecule has 0 aliphatic carbocycles. The number of hydrogen-bond acceptors (Lipinski definition) is 2. The van der Waals surface area contributed by atoms with Gasteiger partial charge in [0.15, 0.2) is 0 Å². The summed E-state index contributed by atoms with van der Waals surface area (Å²) in [6.45, 7) is 0. The Labute approximate surface area is 126 Å². The maximum absolute atomic E-state index is 13.3. The van der Waals surface area contributed by atoms with E-state index in [1.54, 1.807) is 12.3 Å². The van der Waals surface area contributed by atoms with Crippen molar-refractivity contribution in [1.82, 2.24) is 4.98 Å². The molecule has 0 radical (unpaired) electrons. The molecule has 1 atom stereocenters. The SMILES string of the molecule is OC(Cc1cc(F)ccc1Cl)c1ccnc2ccccc12. The second-order valence-electron chi connectivity index (χ2n) is 4.87. The minimum Gasteiger partial charge on any atom is -0.388 e. The van der Waals surface area contributed by atoms with Crippen LogP contribution in [0.25, 0.3) is 10.9 Å². The number of fused-ring (bicyclic) bond motifs is 1.